The van der Waals surface area contributed by atoms with Crippen LogP contribution in [0.25, 0.3) is 0 Å². The SMILES string of the molecule is CN1C(=O)c2ccc(NC(=O)CN3CCC(NS(=O)(=O)c4ccc(F)cc4)CC3)cc2C1=O. The Morgan fingerprint density at radius 2 is 1.67 bits per heavy atom. The number of nitrogens with zero attached hydrogens (tertiary/aromatic N) is 2. The van der Waals surface area contributed by atoms with Gasteiger partial charge >= 0.3 is 0 Å². The van der Waals surface area contributed by atoms with Gasteiger partial charge in [0.2, 0.25) is 15.9 Å². The van der Waals surface area contributed by atoms with Crippen LogP contribution in [-0.2, 0) is 14.8 Å². The number of likely N-dealkylation sites (tertiary alicyclic amines) is 1. The molecule has 2 aromatic rings. The van der Waals surface area contributed by atoms with Crippen LogP contribution in [0.15, 0.2) is 47.4 Å². The second-order valence-corrected chi connectivity index (χ2v) is 9.82. The van der Waals surface area contributed by atoms with E-state index < -0.39 is 21.7 Å². The number of nitrogens with one attached hydrogen (secondary N) is 2. The monoisotopic (exact) mass is 474 g/mol. The van der Waals surface area contributed by atoms with Gasteiger partial charge in [-0.2, -0.15) is 0 Å². The molecular formula is C22H23FN4O5S. The number of piperidine rings is 1. The molecule has 0 aromatic heterocycles. The van der Waals surface area contributed by atoms with E-state index >= 15 is 0 Å². The summed E-state index contributed by atoms with van der Waals surface area (Å²) in [6, 6.07) is 8.95. The fraction of sp³-hybridized carbons (Fsp3) is 0.318. The largest absolute Gasteiger partial charge is 0.325 e. The van der Waals surface area contributed by atoms with E-state index in [9.17, 15) is 27.2 Å². The highest BCUT2D eigenvalue weighted by atomic mass is 32.2. The number of amides is 3. The average Bonchev–Trinajstić information content (AvgIpc) is 2.99. The van der Waals surface area contributed by atoms with Crippen LogP contribution in [0.1, 0.15) is 33.6 Å². The molecular weight excluding hydrogens is 451 g/mol. The zero-order valence-corrected chi connectivity index (χ0v) is 18.7. The van der Waals surface area contributed by atoms with Crippen molar-refractivity contribution in [1.82, 2.24) is 14.5 Å². The Morgan fingerprint density at radius 1 is 1.03 bits per heavy atom. The van der Waals surface area contributed by atoms with Crippen LogP contribution >= 0.6 is 0 Å². The number of hydrogen-bond acceptors (Lipinski definition) is 6. The van der Waals surface area contributed by atoms with Crippen LogP contribution in [0.3, 0.4) is 0 Å². The Balaban J connectivity index is 1.28. The number of halogens is 1. The predicted molar refractivity (Wildman–Crippen MR) is 118 cm³/mol. The summed E-state index contributed by atoms with van der Waals surface area (Å²) in [4.78, 5) is 39.5. The van der Waals surface area contributed by atoms with Crippen molar-refractivity contribution in [2.24, 2.45) is 0 Å². The van der Waals surface area contributed by atoms with Gasteiger partial charge in [-0.15, -0.1) is 0 Å². The van der Waals surface area contributed by atoms with Crippen molar-refractivity contribution < 1.29 is 27.2 Å². The van der Waals surface area contributed by atoms with Crippen molar-refractivity contribution in [1.29, 1.82) is 0 Å². The molecule has 11 heteroatoms. The number of fused-ring (bicyclic) bond motifs is 1. The molecule has 2 heterocycles. The van der Waals surface area contributed by atoms with Crippen LogP contribution < -0.4 is 10.0 Å². The summed E-state index contributed by atoms with van der Waals surface area (Å²) in [6.45, 7) is 1.15. The van der Waals surface area contributed by atoms with Crippen molar-refractivity contribution in [3.8, 4) is 0 Å². The molecule has 33 heavy (non-hydrogen) atoms. The Morgan fingerprint density at radius 3 is 2.33 bits per heavy atom. The molecule has 2 aliphatic rings. The number of anilines is 1. The molecule has 0 radical (unpaired) electrons. The van der Waals surface area contributed by atoms with E-state index in [4.69, 9.17) is 0 Å². The topological polar surface area (TPSA) is 116 Å². The van der Waals surface area contributed by atoms with Crippen LogP contribution in [-0.4, -0.2) is 68.7 Å². The summed E-state index contributed by atoms with van der Waals surface area (Å²) in [7, 11) is -2.34. The highest BCUT2D eigenvalue weighted by molar-refractivity contribution is 7.89. The summed E-state index contributed by atoms with van der Waals surface area (Å²) in [6.07, 6.45) is 1.05. The van der Waals surface area contributed by atoms with Gasteiger partial charge in [-0.05, 0) is 55.3 Å². The van der Waals surface area contributed by atoms with Gasteiger partial charge in [-0.3, -0.25) is 24.2 Å². The van der Waals surface area contributed by atoms with E-state index in [-0.39, 0.29) is 34.9 Å². The molecule has 4 rings (SSSR count). The number of benzene rings is 2. The highest BCUT2D eigenvalue weighted by Crippen LogP contribution is 2.25. The molecule has 0 spiro atoms. The highest BCUT2D eigenvalue weighted by Gasteiger charge is 2.33. The lowest BCUT2D eigenvalue weighted by Gasteiger charge is -2.31. The van der Waals surface area contributed by atoms with E-state index in [1.165, 1.54) is 31.3 Å². The quantitative estimate of drug-likeness (QED) is 0.612. The molecule has 0 aliphatic carbocycles. The second kappa shape index (κ2) is 9.00. The van der Waals surface area contributed by atoms with E-state index in [0.29, 0.717) is 37.2 Å². The Kier molecular flexibility index (Phi) is 6.28. The van der Waals surface area contributed by atoms with E-state index in [1.54, 1.807) is 6.07 Å². The molecule has 174 valence electrons. The molecule has 2 aliphatic heterocycles. The minimum atomic E-state index is -3.74. The fourth-order valence-corrected chi connectivity index (χ4v) is 5.26. The summed E-state index contributed by atoms with van der Waals surface area (Å²) in [5.74, 6) is -1.56. The molecule has 1 saturated heterocycles. The standard InChI is InChI=1S/C22H23FN4O5S/c1-26-21(29)18-7-4-16(12-19(18)22(26)30)24-20(28)13-27-10-8-15(9-11-27)25-33(31,32)17-5-2-14(23)3-6-17/h2-7,12,15,25H,8-11,13H2,1H3,(H,24,28). The van der Waals surface area contributed by atoms with Gasteiger partial charge in [0, 0.05) is 31.9 Å². The van der Waals surface area contributed by atoms with Crippen LogP contribution in [0.2, 0.25) is 0 Å². The summed E-state index contributed by atoms with van der Waals surface area (Å²) in [5, 5.41) is 2.74. The van der Waals surface area contributed by atoms with Crippen LogP contribution in [0.4, 0.5) is 10.1 Å². The molecule has 1 fully saturated rings. The van der Waals surface area contributed by atoms with Gasteiger partial charge in [0.15, 0.2) is 0 Å². The van der Waals surface area contributed by atoms with Crippen molar-refractivity contribution in [3.63, 3.8) is 0 Å². The van der Waals surface area contributed by atoms with Gasteiger partial charge in [-0.25, -0.2) is 17.5 Å². The van der Waals surface area contributed by atoms with Gasteiger partial charge < -0.3 is 5.32 Å². The Bertz CT molecular complexity index is 1210. The van der Waals surface area contributed by atoms with Gasteiger partial charge in [0.25, 0.3) is 11.8 Å². The molecule has 0 unspecified atom stereocenters. The Hall–Kier alpha value is -3.15. The molecule has 0 saturated carbocycles. The Labute approximate surface area is 190 Å². The minimum Gasteiger partial charge on any atom is -0.325 e. The van der Waals surface area contributed by atoms with Crippen molar-refractivity contribution >= 4 is 33.4 Å². The van der Waals surface area contributed by atoms with E-state index in [2.05, 4.69) is 10.0 Å². The number of carbonyl (C=O) groups excluding carboxylic acids is 3. The normalized spacial score (nSPS) is 17.3. The third-order valence-electron chi connectivity index (χ3n) is 5.77. The van der Waals surface area contributed by atoms with Gasteiger partial charge in [0.05, 0.1) is 22.6 Å². The summed E-state index contributed by atoms with van der Waals surface area (Å²) >= 11 is 0. The lowest BCUT2D eigenvalue weighted by atomic mass is 10.1. The second-order valence-electron chi connectivity index (χ2n) is 8.10. The number of imide groups is 1. The maximum Gasteiger partial charge on any atom is 0.261 e. The average molecular weight is 475 g/mol. The van der Waals surface area contributed by atoms with Gasteiger partial charge in [-0.1, -0.05) is 0 Å². The molecule has 0 atom stereocenters. The molecule has 2 aromatic carbocycles. The van der Waals surface area contributed by atoms with E-state index in [0.717, 1.165) is 17.0 Å². The van der Waals surface area contributed by atoms with Gasteiger partial charge in [0.1, 0.15) is 5.82 Å². The van der Waals surface area contributed by atoms with Crippen molar-refractivity contribution in [2.75, 3.05) is 32.0 Å². The molecule has 3 amide bonds. The first kappa shape index (κ1) is 23.0. The third-order valence-corrected chi connectivity index (χ3v) is 7.31. The van der Waals surface area contributed by atoms with Crippen molar-refractivity contribution in [3.05, 3.63) is 59.4 Å². The van der Waals surface area contributed by atoms with Crippen LogP contribution in [0, 0.1) is 5.82 Å². The molecule has 0 bridgehead atoms. The predicted octanol–water partition coefficient (Wildman–Crippen LogP) is 1.43. The number of sulfonamides is 1. The van der Waals surface area contributed by atoms with Crippen molar-refractivity contribution in [2.45, 2.75) is 23.8 Å². The first-order valence-corrected chi connectivity index (χ1v) is 11.9. The summed E-state index contributed by atoms with van der Waals surface area (Å²) in [5.41, 5.74) is 0.998. The first-order valence-electron chi connectivity index (χ1n) is 10.4. The minimum absolute atomic E-state index is 0.00595. The van der Waals surface area contributed by atoms with E-state index in [1.807, 2.05) is 4.90 Å². The third kappa shape index (κ3) is 4.95. The number of carbonyl (C=O) groups is 3. The molecule has 9 nitrogen and oxygen atoms in total. The first-order chi connectivity index (χ1) is 15.6. The number of rotatable bonds is 6. The zero-order valence-electron chi connectivity index (χ0n) is 17.9. The lowest BCUT2D eigenvalue weighted by molar-refractivity contribution is -0.117. The lowest BCUT2D eigenvalue weighted by Crippen LogP contribution is -2.46. The maximum atomic E-state index is 13.0. The maximum absolute atomic E-state index is 13.0. The zero-order chi connectivity index (χ0) is 23.8. The smallest absolute Gasteiger partial charge is 0.261 e. The van der Waals surface area contributed by atoms with Crippen LogP contribution in [0.5, 0.6) is 0 Å². The number of hydrogen-bond donors (Lipinski definition) is 2. The molecule has 2 N–H and O–H groups in total. The fourth-order valence-electron chi connectivity index (χ4n) is 3.95. The summed E-state index contributed by atoms with van der Waals surface area (Å²) < 4.78 is 40.6.